The Morgan fingerprint density at radius 3 is 2.75 bits per heavy atom. The molecule has 20 heavy (non-hydrogen) atoms. The van der Waals surface area contributed by atoms with Crippen molar-refractivity contribution in [1.29, 1.82) is 0 Å². The third kappa shape index (κ3) is 4.10. The first-order valence-electron chi connectivity index (χ1n) is 6.97. The van der Waals surface area contributed by atoms with Gasteiger partial charge >= 0.3 is 0 Å². The molecule has 0 aromatic heterocycles. The van der Waals surface area contributed by atoms with Gasteiger partial charge in [-0.1, -0.05) is 18.6 Å². The van der Waals surface area contributed by atoms with E-state index in [1.54, 1.807) is 13.2 Å². The predicted octanol–water partition coefficient (Wildman–Crippen LogP) is 1.99. The van der Waals surface area contributed by atoms with Crippen molar-refractivity contribution < 1.29 is 14.6 Å². The fourth-order valence-corrected chi connectivity index (χ4v) is 2.43. The minimum atomic E-state index is -0.263. The number of aliphatic hydroxyl groups is 1. The summed E-state index contributed by atoms with van der Waals surface area (Å²) in [4.78, 5) is 11.7. The molecule has 2 rings (SSSR count). The van der Waals surface area contributed by atoms with E-state index in [2.05, 4.69) is 5.32 Å². The first kappa shape index (κ1) is 14.6. The molecule has 1 aromatic rings. The van der Waals surface area contributed by atoms with E-state index < -0.39 is 0 Å². The van der Waals surface area contributed by atoms with Crippen LogP contribution < -0.4 is 10.1 Å². The third-order valence-electron chi connectivity index (χ3n) is 3.70. The second-order valence-corrected chi connectivity index (χ2v) is 5.11. The summed E-state index contributed by atoms with van der Waals surface area (Å²) in [6.45, 7) is 0.549. The van der Waals surface area contributed by atoms with E-state index in [4.69, 9.17) is 4.74 Å². The fraction of sp³-hybridized carbons (Fsp3) is 0.438. The van der Waals surface area contributed by atoms with Gasteiger partial charge in [0, 0.05) is 18.5 Å². The highest BCUT2D eigenvalue weighted by atomic mass is 16.5. The lowest BCUT2D eigenvalue weighted by Gasteiger charge is -2.13. The summed E-state index contributed by atoms with van der Waals surface area (Å²) in [5.74, 6) is 0.870. The highest BCUT2D eigenvalue weighted by Crippen LogP contribution is 2.24. The summed E-state index contributed by atoms with van der Waals surface area (Å²) in [6.07, 6.45) is 5.90. The molecule has 0 heterocycles. The zero-order chi connectivity index (χ0) is 14.4. The van der Waals surface area contributed by atoms with E-state index in [1.807, 2.05) is 24.3 Å². The van der Waals surface area contributed by atoms with Gasteiger partial charge in [-0.2, -0.15) is 0 Å². The minimum absolute atomic E-state index is 0.125. The van der Waals surface area contributed by atoms with Crippen LogP contribution in [0.15, 0.2) is 30.3 Å². The van der Waals surface area contributed by atoms with Crippen LogP contribution in [0.25, 0.3) is 6.08 Å². The van der Waals surface area contributed by atoms with E-state index in [0.29, 0.717) is 6.54 Å². The molecule has 4 nitrogen and oxygen atoms in total. The molecular formula is C16H21NO3. The molecule has 0 spiro atoms. The van der Waals surface area contributed by atoms with Crippen LogP contribution in [-0.2, 0) is 4.79 Å². The number of nitrogens with one attached hydrogen (secondary N) is 1. The number of aliphatic hydroxyl groups excluding tert-OH is 1. The summed E-state index contributed by atoms with van der Waals surface area (Å²) in [5, 5.41) is 12.5. The van der Waals surface area contributed by atoms with Crippen molar-refractivity contribution >= 4 is 12.0 Å². The lowest BCUT2D eigenvalue weighted by molar-refractivity contribution is -0.116. The predicted molar refractivity (Wildman–Crippen MR) is 78.4 cm³/mol. The Hall–Kier alpha value is -1.81. The van der Waals surface area contributed by atoms with Crippen molar-refractivity contribution in [3.05, 3.63) is 35.9 Å². The maximum Gasteiger partial charge on any atom is 0.244 e. The van der Waals surface area contributed by atoms with E-state index in [1.165, 1.54) is 6.08 Å². The Balaban J connectivity index is 1.79. The molecule has 4 heteroatoms. The van der Waals surface area contributed by atoms with Crippen molar-refractivity contribution in [1.82, 2.24) is 5.32 Å². The summed E-state index contributed by atoms with van der Waals surface area (Å²) >= 11 is 0. The van der Waals surface area contributed by atoms with Crippen LogP contribution in [0.4, 0.5) is 0 Å². The molecule has 0 bridgehead atoms. The van der Waals surface area contributed by atoms with Crippen molar-refractivity contribution in [2.75, 3.05) is 13.7 Å². The van der Waals surface area contributed by atoms with Crippen LogP contribution >= 0.6 is 0 Å². The summed E-state index contributed by atoms with van der Waals surface area (Å²) in [6, 6.07) is 7.49. The molecule has 0 radical (unpaired) electrons. The molecule has 1 aliphatic rings. The highest BCUT2D eigenvalue weighted by Gasteiger charge is 2.24. The summed E-state index contributed by atoms with van der Waals surface area (Å²) in [7, 11) is 1.62. The van der Waals surface area contributed by atoms with Gasteiger partial charge in [-0.05, 0) is 36.6 Å². The maximum atomic E-state index is 11.7. The molecule has 0 saturated heterocycles. The number of carbonyl (C=O) groups excluding carboxylic acids is 1. The maximum absolute atomic E-state index is 11.7. The molecule has 1 aromatic carbocycles. The molecule has 0 aliphatic heterocycles. The molecule has 2 atom stereocenters. The van der Waals surface area contributed by atoms with E-state index >= 15 is 0 Å². The number of amides is 1. The minimum Gasteiger partial charge on any atom is -0.497 e. The van der Waals surface area contributed by atoms with Crippen LogP contribution in [0.3, 0.4) is 0 Å². The standard InChI is InChI=1S/C16H21NO3/c1-20-14-8-5-12(6-9-14)7-10-16(19)17-11-13-3-2-4-15(13)18/h5-10,13,15,18H,2-4,11H2,1H3,(H,17,19). The van der Waals surface area contributed by atoms with Crippen molar-refractivity contribution in [3.8, 4) is 5.75 Å². The fourth-order valence-electron chi connectivity index (χ4n) is 2.43. The second-order valence-electron chi connectivity index (χ2n) is 5.11. The first-order valence-corrected chi connectivity index (χ1v) is 6.97. The van der Waals surface area contributed by atoms with Crippen LogP contribution in [-0.4, -0.2) is 30.8 Å². The highest BCUT2D eigenvalue weighted by molar-refractivity contribution is 5.91. The zero-order valence-electron chi connectivity index (χ0n) is 11.7. The van der Waals surface area contributed by atoms with Crippen LogP contribution in [0, 0.1) is 5.92 Å². The van der Waals surface area contributed by atoms with Gasteiger partial charge in [0.05, 0.1) is 13.2 Å². The summed E-state index contributed by atoms with van der Waals surface area (Å²) in [5.41, 5.74) is 0.946. The number of benzene rings is 1. The number of ether oxygens (including phenoxy) is 1. The Labute approximate surface area is 119 Å². The molecule has 2 N–H and O–H groups in total. The van der Waals surface area contributed by atoms with Crippen molar-refractivity contribution in [3.63, 3.8) is 0 Å². The van der Waals surface area contributed by atoms with Gasteiger partial charge in [-0.25, -0.2) is 0 Å². The average molecular weight is 275 g/mol. The molecular weight excluding hydrogens is 254 g/mol. The van der Waals surface area contributed by atoms with Gasteiger partial charge in [0.15, 0.2) is 0 Å². The lowest BCUT2D eigenvalue weighted by Crippen LogP contribution is -2.31. The number of hydrogen-bond donors (Lipinski definition) is 2. The van der Waals surface area contributed by atoms with Crippen LogP contribution in [0.1, 0.15) is 24.8 Å². The van der Waals surface area contributed by atoms with Crippen LogP contribution in [0.2, 0.25) is 0 Å². The quantitative estimate of drug-likeness (QED) is 0.808. The van der Waals surface area contributed by atoms with Gasteiger partial charge in [-0.3, -0.25) is 4.79 Å². The number of hydrogen-bond acceptors (Lipinski definition) is 3. The lowest BCUT2D eigenvalue weighted by atomic mass is 10.1. The third-order valence-corrected chi connectivity index (χ3v) is 3.70. The normalized spacial score (nSPS) is 22.1. The SMILES string of the molecule is COc1ccc(C=CC(=O)NCC2CCCC2O)cc1. The van der Waals surface area contributed by atoms with Gasteiger partial charge in [0.1, 0.15) is 5.75 Å². The van der Waals surface area contributed by atoms with Gasteiger partial charge < -0.3 is 15.2 Å². The van der Waals surface area contributed by atoms with Gasteiger partial charge in [0.25, 0.3) is 0 Å². The average Bonchev–Trinajstić information content (AvgIpc) is 2.89. The number of rotatable bonds is 5. The zero-order valence-corrected chi connectivity index (χ0v) is 11.7. The summed E-state index contributed by atoms with van der Waals surface area (Å²) < 4.78 is 5.07. The molecule has 1 saturated carbocycles. The second kappa shape index (κ2) is 7.10. The molecule has 1 fully saturated rings. The Morgan fingerprint density at radius 1 is 1.40 bits per heavy atom. The van der Waals surface area contributed by atoms with Crippen molar-refractivity contribution in [2.24, 2.45) is 5.92 Å². The van der Waals surface area contributed by atoms with Crippen LogP contribution in [0.5, 0.6) is 5.75 Å². The molecule has 2 unspecified atom stereocenters. The molecule has 1 amide bonds. The molecule has 1 aliphatic carbocycles. The van der Waals surface area contributed by atoms with Crippen molar-refractivity contribution in [2.45, 2.75) is 25.4 Å². The van der Waals surface area contributed by atoms with Gasteiger partial charge in [-0.15, -0.1) is 0 Å². The number of carbonyl (C=O) groups is 1. The smallest absolute Gasteiger partial charge is 0.244 e. The van der Waals surface area contributed by atoms with E-state index in [0.717, 1.165) is 30.6 Å². The monoisotopic (exact) mass is 275 g/mol. The van der Waals surface area contributed by atoms with E-state index in [9.17, 15) is 9.90 Å². The Morgan fingerprint density at radius 2 is 2.15 bits per heavy atom. The molecule has 108 valence electrons. The van der Waals surface area contributed by atoms with Gasteiger partial charge in [0.2, 0.25) is 5.91 Å². The number of methoxy groups -OCH3 is 1. The first-order chi connectivity index (χ1) is 9.69. The van der Waals surface area contributed by atoms with E-state index in [-0.39, 0.29) is 17.9 Å². The Bertz CT molecular complexity index is 467. The topological polar surface area (TPSA) is 58.6 Å². The Kier molecular flexibility index (Phi) is 5.18. The largest absolute Gasteiger partial charge is 0.497 e.